The summed E-state index contributed by atoms with van der Waals surface area (Å²) in [6.45, 7) is 5.28. The maximum absolute atomic E-state index is 4.57. The summed E-state index contributed by atoms with van der Waals surface area (Å²) in [5.74, 6) is 1.05. The highest BCUT2D eigenvalue weighted by Crippen LogP contribution is 2.21. The highest BCUT2D eigenvalue weighted by atomic mass is 15.3. The molecule has 2 heterocycles. The predicted molar refractivity (Wildman–Crippen MR) is 57.5 cm³/mol. The lowest BCUT2D eigenvalue weighted by atomic mass is 10.2. The van der Waals surface area contributed by atoms with E-state index >= 15 is 0 Å². The number of aryl methyl sites for hydroxylation is 1. The van der Waals surface area contributed by atoms with Crippen molar-refractivity contribution in [1.29, 1.82) is 0 Å². The van der Waals surface area contributed by atoms with Crippen LogP contribution >= 0.6 is 0 Å². The number of anilines is 1. The van der Waals surface area contributed by atoms with Crippen LogP contribution in [0.25, 0.3) is 0 Å². The van der Waals surface area contributed by atoms with Crippen molar-refractivity contribution in [2.45, 2.75) is 32.9 Å². The molecule has 78 valence electrons. The summed E-state index contributed by atoms with van der Waals surface area (Å²) in [5.41, 5.74) is 2.72. The minimum Gasteiger partial charge on any atom is -0.371 e. The third kappa shape index (κ3) is 1.50. The summed E-state index contributed by atoms with van der Waals surface area (Å²) < 4.78 is 2.14. The summed E-state index contributed by atoms with van der Waals surface area (Å²) >= 11 is 0. The molecule has 1 aliphatic rings. The monoisotopic (exact) mass is 194 g/mol. The quantitative estimate of drug-likeness (QED) is 0.737. The molecular weight excluding hydrogens is 176 g/mol. The van der Waals surface area contributed by atoms with Crippen LogP contribution in [0.15, 0.2) is 0 Å². The van der Waals surface area contributed by atoms with E-state index in [0.29, 0.717) is 0 Å². The van der Waals surface area contributed by atoms with Crippen molar-refractivity contribution in [3.8, 4) is 0 Å². The number of nitrogens with zero attached hydrogens (tertiary/aromatic N) is 2. The molecule has 1 aliphatic heterocycles. The van der Waals surface area contributed by atoms with Gasteiger partial charge in [0, 0.05) is 25.7 Å². The lowest BCUT2D eigenvalue weighted by Gasteiger charge is -2.03. The van der Waals surface area contributed by atoms with E-state index in [9.17, 15) is 0 Å². The van der Waals surface area contributed by atoms with Gasteiger partial charge in [-0.15, -0.1) is 0 Å². The lowest BCUT2D eigenvalue weighted by molar-refractivity contribution is 0.588. The van der Waals surface area contributed by atoms with Crippen molar-refractivity contribution in [1.82, 2.24) is 15.1 Å². The predicted octanol–water partition coefficient (Wildman–Crippen LogP) is 0.980. The van der Waals surface area contributed by atoms with Gasteiger partial charge in [-0.2, -0.15) is 5.10 Å². The molecule has 2 rings (SSSR count). The van der Waals surface area contributed by atoms with Gasteiger partial charge in [-0.25, -0.2) is 0 Å². The largest absolute Gasteiger partial charge is 0.371 e. The number of fused-ring (bicyclic) bond motifs is 1. The molecule has 1 aromatic rings. The molecule has 14 heavy (non-hydrogen) atoms. The Kier molecular flexibility index (Phi) is 2.72. The average Bonchev–Trinajstić information content (AvgIpc) is 2.39. The lowest BCUT2D eigenvalue weighted by Crippen LogP contribution is -2.13. The van der Waals surface area contributed by atoms with Crippen molar-refractivity contribution in [3.63, 3.8) is 0 Å². The molecule has 0 saturated heterocycles. The van der Waals surface area contributed by atoms with Gasteiger partial charge in [-0.05, 0) is 19.4 Å². The molecule has 0 bridgehead atoms. The normalized spacial score (nSPS) is 16.1. The Balaban J connectivity index is 2.40. The first-order valence-corrected chi connectivity index (χ1v) is 5.33. The Bertz CT molecular complexity index is 316. The molecule has 0 saturated carbocycles. The Hall–Kier alpha value is -1.03. The van der Waals surface area contributed by atoms with Crippen LogP contribution in [0.5, 0.6) is 0 Å². The molecule has 0 fully saturated rings. The molecule has 0 aliphatic carbocycles. The van der Waals surface area contributed by atoms with Crippen LogP contribution in [0.2, 0.25) is 0 Å². The Labute approximate surface area is 84.7 Å². The number of rotatable bonds is 2. The standard InChI is InChI=1S/C10H18N4/c1-3-8-9-7-12-5-4-6-14(9)13-10(8)11-2/h12H,3-7H2,1-2H3,(H,11,13). The van der Waals surface area contributed by atoms with E-state index in [0.717, 1.165) is 31.9 Å². The van der Waals surface area contributed by atoms with Gasteiger partial charge in [0.2, 0.25) is 0 Å². The zero-order valence-electron chi connectivity index (χ0n) is 8.93. The number of aromatic nitrogens is 2. The van der Waals surface area contributed by atoms with Crippen molar-refractivity contribution >= 4 is 5.82 Å². The minimum atomic E-state index is 0.956. The van der Waals surface area contributed by atoms with Crippen LogP contribution in [-0.4, -0.2) is 23.4 Å². The molecule has 0 amide bonds. The molecule has 0 spiro atoms. The second-order valence-electron chi connectivity index (χ2n) is 3.63. The van der Waals surface area contributed by atoms with Crippen molar-refractivity contribution in [2.75, 3.05) is 18.9 Å². The highest BCUT2D eigenvalue weighted by molar-refractivity contribution is 5.46. The number of hydrogen-bond donors (Lipinski definition) is 2. The molecule has 1 aromatic heterocycles. The van der Waals surface area contributed by atoms with Crippen LogP contribution in [-0.2, 0) is 19.5 Å². The second-order valence-corrected chi connectivity index (χ2v) is 3.63. The maximum atomic E-state index is 4.57. The summed E-state index contributed by atoms with van der Waals surface area (Å²) in [7, 11) is 1.94. The van der Waals surface area contributed by atoms with E-state index in [2.05, 4.69) is 27.3 Å². The Morgan fingerprint density at radius 1 is 1.57 bits per heavy atom. The van der Waals surface area contributed by atoms with Gasteiger partial charge >= 0.3 is 0 Å². The van der Waals surface area contributed by atoms with Crippen LogP contribution in [0, 0.1) is 0 Å². The third-order valence-electron chi connectivity index (χ3n) is 2.77. The van der Waals surface area contributed by atoms with Gasteiger partial charge in [0.25, 0.3) is 0 Å². The van der Waals surface area contributed by atoms with Gasteiger partial charge in [0.1, 0.15) is 0 Å². The van der Waals surface area contributed by atoms with Crippen LogP contribution in [0.4, 0.5) is 5.82 Å². The van der Waals surface area contributed by atoms with E-state index < -0.39 is 0 Å². The van der Waals surface area contributed by atoms with Gasteiger partial charge in [-0.1, -0.05) is 6.92 Å². The van der Waals surface area contributed by atoms with E-state index in [1.807, 2.05) is 7.05 Å². The third-order valence-corrected chi connectivity index (χ3v) is 2.77. The summed E-state index contributed by atoms with van der Waals surface area (Å²) in [5, 5.41) is 11.2. The fourth-order valence-corrected chi connectivity index (χ4v) is 2.05. The fraction of sp³-hybridized carbons (Fsp3) is 0.700. The highest BCUT2D eigenvalue weighted by Gasteiger charge is 2.16. The molecule has 0 atom stereocenters. The summed E-state index contributed by atoms with van der Waals surface area (Å²) in [4.78, 5) is 0. The molecule has 0 unspecified atom stereocenters. The summed E-state index contributed by atoms with van der Waals surface area (Å²) in [6, 6.07) is 0. The first-order valence-electron chi connectivity index (χ1n) is 5.33. The van der Waals surface area contributed by atoms with E-state index in [1.165, 1.54) is 17.7 Å². The first kappa shape index (κ1) is 9.52. The van der Waals surface area contributed by atoms with Crippen molar-refractivity contribution in [3.05, 3.63) is 11.3 Å². The smallest absolute Gasteiger partial charge is 0.151 e. The topological polar surface area (TPSA) is 41.9 Å². The molecule has 0 aromatic carbocycles. The average molecular weight is 194 g/mol. The van der Waals surface area contributed by atoms with E-state index in [1.54, 1.807) is 0 Å². The molecule has 4 nitrogen and oxygen atoms in total. The SMILES string of the molecule is CCc1c(NC)nn2c1CNCCC2. The number of nitrogens with one attached hydrogen (secondary N) is 2. The van der Waals surface area contributed by atoms with Crippen molar-refractivity contribution in [2.24, 2.45) is 0 Å². The van der Waals surface area contributed by atoms with Crippen LogP contribution in [0.1, 0.15) is 24.6 Å². The zero-order valence-corrected chi connectivity index (χ0v) is 8.93. The maximum Gasteiger partial charge on any atom is 0.151 e. The summed E-state index contributed by atoms with van der Waals surface area (Å²) in [6.07, 6.45) is 2.22. The van der Waals surface area contributed by atoms with Gasteiger partial charge < -0.3 is 10.6 Å². The Morgan fingerprint density at radius 2 is 2.43 bits per heavy atom. The van der Waals surface area contributed by atoms with Crippen LogP contribution in [0.3, 0.4) is 0 Å². The van der Waals surface area contributed by atoms with E-state index in [4.69, 9.17) is 0 Å². The number of hydrogen-bond acceptors (Lipinski definition) is 3. The van der Waals surface area contributed by atoms with Gasteiger partial charge in [0.15, 0.2) is 5.82 Å². The molecule has 2 N–H and O–H groups in total. The molecule has 4 heteroatoms. The fourth-order valence-electron chi connectivity index (χ4n) is 2.05. The molecule has 0 radical (unpaired) electrons. The Morgan fingerprint density at radius 3 is 3.14 bits per heavy atom. The minimum absolute atomic E-state index is 0.956. The van der Waals surface area contributed by atoms with Gasteiger partial charge in [0.05, 0.1) is 5.69 Å². The van der Waals surface area contributed by atoms with Crippen LogP contribution < -0.4 is 10.6 Å². The van der Waals surface area contributed by atoms with Gasteiger partial charge in [-0.3, -0.25) is 4.68 Å². The molecular formula is C10H18N4. The second kappa shape index (κ2) is 4.00. The van der Waals surface area contributed by atoms with E-state index in [-0.39, 0.29) is 0 Å². The van der Waals surface area contributed by atoms with Crippen molar-refractivity contribution < 1.29 is 0 Å². The zero-order chi connectivity index (χ0) is 9.97. The first-order chi connectivity index (χ1) is 6.86.